The average molecular weight is 365 g/mol. The Balaban J connectivity index is 1.82. The molecule has 26 heavy (non-hydrogen) atoms. The molecule has 136 valence electrons. The van der Waals surface area contributed by atoms with Gasteiger partial charge in [0.2, 0.25) is 0 Å². The molecule has 9 heteroatoms. The fraction of sp³-hybridized carbons (Fsp3) is 0.235. The highest BCUT2D eigenvalue weighted by molar-refractivity contribution is 6.08. The van der Waals surface area contributed by atoms with Gasteiger partial charge in [0.15, 0.2) is 0 Å². The van der Waals surface area contributed by atoms with E-state index in [-0.39, 0.29) is 23.2 Å². The Hall–Kier alpha value is -3.10. The Morgan fingerprint density at radius 2 is 1.69 bits per heavy atom. The zero-order chi connectivity index (χ0) is 18.9. The number of hydrogen-bond donors (Lipinski definition) is 3. The molecular formula is C17H14F3N3O3. The van der Waals surface area contributed by atoms with Crippen molar-refractivity contribution >= 4 is 17.5 Å². The second kappa shape index (κ2) is 6.66. The minimum atomic E-state index is -4.72. The standard InChI is InChI=1S/C17H14F3N3O3/c18-17(19,20)13-8-7-11(16(26)23-13)15(25)22-12-4-2-1-3-10(12)14(24)21-9-5-6-9/h1-4,7-9H,5-6H2,(H,21,24)(H,22,25)(H,23,26). The Morgan fingerprint density at radius 3 is 2.31 bits per heavy atom. The van der Waals surface area contributed by atoms with Gasteiger partial charge in [-0.05, 0) is 37.1 Å². The summed E-state index contributed by atoms with van der Waals surface area (Å²) in [6.45, 7) is 0. The van der Waals surface area contributed by atoms with Crippen molar-refractivity contribution in [2.24, 2.45) is 0 Å². The predicted octanol–water partition coefficient (Wildman–Crippen LogP) is 2.54. The second-order valence-corrected chi connectivity index (χ2v) is 5.86. The van der Waals surface area contributed by atoms with Gasteiger partial charge in [0, 0.05) is 6.04 Å². The number of H-pyrrole nitrogens is 1. The summed E-state index contributed by atoms with van der Waals surface area (Å²) in [5.74, 6) is -1.28. The number of para-hydroxylation sites is 1. The number of aromatic amines is 1. The molecule has 0 radical (unpaired) electrons. The summed E-state index contributed by atoms with van der Waals surface area (Å²) in [5, 5.41) is 5.18. The smallest absolute Gasteiger partial charge is 0.349 e. The van der Waals surface area contributed by atoms with Crippen LogP contribution in [0.4, 0.5) is 18.9 Å². The van der Waals surface area contributed by atoms with Crippen molar-refractivity contribution < 1.29 is 22.8 Å². The Labute approximate surface area is 145 Å². The molecule has 1 saturated carbocycles. The van der Waals surface area contributed by atoms with E-state index in [1.807, 2.05) is 0 Å². The lowest BCUT2D eigenvalue weighted by molar-refractivity contribution is -0.141. The average Bonchev–Trinajstić information content (AvgIpc) is 3.38. The molecule has 3 N–H and O–H groups in total. The molecule has 0 aliphatic heterocycles. The third-order valence-corrected chi connectivity index (χ3v) is 3.79. The van der Waals surface area contributed by atoms with E-state index in [0.717, 1.165) is 18.9 Å². The maximum absolute atomic E-state index is 12.6. The molecule has 1 aliphatic rings. The van der Waals surface area contributed by atoms with Gasteiger partial charge >= 0.3 is 6.18 Å². The molecule has 0 saturated heterocycles. The second-order valence-electron chi connectivity index (χ2n) is 5.86. The van der Waals surface area contributed by atoms with Crippen molar-refractivity contribution in [1.29, 1.82) is 0 Å². The first-order valence-electron chi connectivity index (χ1n) is 7.77. The summed E-state index contributed by atoms with van der Waals surface area (Å²) in [4.78, 5) is 37.9. The molecule has 0 spiro atoms. The van der Waals surface area contributed by atoms with Gasteiger partial charge in [0.1, 0.15) is 11.3 Å². The zero-order valence-electron chi connectivity index (χ0n) is 13.3. The fourth-order valence-electron chi connectivity index (χ4n) is 2.29. The molecule has 1 heterocycles. The zero-order valence-corrected chi connectivity index (χ0v) is 13.3. The molecule has 1 fully saturated rings. The molecule has 0 atom stereocenters. The van der Waals surface area contributed by atoms with E-state index in [0.29, 0.717) is 6.07 Å². The third kappa shape index (κ3) is 3.93. The highest BCUT2D eigenvalue weighted by Crippen LogP contribution is 2.26. The number of hydrogen-bond acceptors (Lipinski definition) is 3. The van der Waals surface area contributed by atoms with Crippen LogP contribution in [0.2, 0.25) is 0 Å². The quantitative estimate of drug-likeness (QED) is 0.778. The van der Waals surface area contributed by atoms with E-state index in [1.165, 1.54) is 12.1 Å². The van der Waals surface area contributed by atoms with Crippen LogP contribution in [0, 0.1) is 0 Å². The van der Waals surface area contributed by atoms with E-state index in [2.05, 4.69) is 10.6 Å². The minimum absolute atomic E-state index is 0.115. The van der Waals surface area contributed by atoms with Crippen molar-refractivity contribution in [3.05, 3.63) is 63.6 Å². The van der Waals surface area contributed by atoms with Gasteiger partial charge < -0.3 is 15.6 Å². The van der Waals surface area contributed by atoms with E-state index in [9.17, 15) is 27.6 Å². The molecule has 1 aromatic carbocycles. The van der Waals surface area contributed by atoms with E-state index < -0.39 is 28.9 Å². The normalized spacial score (nSPS) is 14.0. The Kier molecular flexibility index (Phi) is 4.54. The van der Waals surface area contributed by atoms with Gasteiger partial charge in [0.25, 0.3) is 17.4 Å². The highest BCUT2D eigenvalue weighted by atomic mass is 19.4. The van der Waals surface area contributed by atoms with Crippen molar-refractivity contribution in [2.75, 3.05) is 5.32 Å². The SMILES string of the molecule is O=C(NC1CC1)c1ccccc1NC(=O)c1ccc(C(F)(F)F)[nH]c1=O. The van der Waals surface area contributed by atoms with Gasteiger partial charge in [-0.1, -0.05) is 12.1 Å². The summed E-state index contributed by atoms with van der Waals surface area (Å²) in [7, 11) is 0. The van der Waals surface area contributed by atoms with Gasteiger partial charge in [0.05, 0.1) is 11.3 Å². The van der Waals surface area contributed by atoms with Crippen LogP contribution in [-0.2, 0) is 6.18 Å². The van der Waals surface area contributed by atoms with Gasteiger partial charge in [-0.15, -0.1) is 0 Å². The van der Waals surface area contributed by atoms with Crippen LogP contribution >= 0.6 is 0 Å². The maximum Gasteiger partial charge on any atom is 0.431 e. The largest absolute Gasteiger partial charge is 0.431 e. The number of aromatic nitrogens is 1. The van der Waals surface area contributed by atoms with Crippen molar-refractivity contribution in [3.8, 4) is 0 Å². The number of benzene rings is 1. The molecule has 1 aliphatic carbocycles. The van der Waals surface area contributed by atoms with Crippen LogP contribution in [0.5, 0.6) is 0 Å². The molecule has 2 amide bonds. The van der Waals surface area contributed by atoms with E-state index >= 15 is 0 Å². The minimum Gasteiger partial charge on any atom is -0.349 e. The first-order valence-corrected chi connectivity index (χ1v) is 7.77. The molecule has 2 aromatic rings. The maximum atomic E-state index is 12.6. The molecule has 6 nitrogen and oxygen atoms in total. The van der Waals surface area contributed by atoms with Crippen LogP contribution in [0.25, 0.3) is 0 Å². The number of alkyl halides is 3. The highest BCUT2D eigenvalue weighted by Gasteiger charge is 2.32. The lowest BCUT2D eigenvalue weighted by atomic mass is 10.1. The number of anilines is 1. The van der Waals surface area contributed by atoms with Crippen molar-refractivity contribution in [2.45, 2.75) is 25.1 Å². The number of amides is 2. The van der Waals surface area contributed by atoms with Crippen molar-refractivity contribution in [1.82, 2.24) is 10.3 Å². The molecular weight excluding hydrogens is 351 g/mol. The summed E-state index contributed by atoms with van der Waals surface area (Å²) >= 11 is 0. The summed E-state index contributed by atoms with van der Waals surface area (Å²) in [6.07, 6.45) is -2.94. The monoisotopic (exact) mass is 365 g/mol. The fourth-order valence-corrected chi connectivity index (χ4v) is 2.29. The van der Waals surface area contributed by atoms with Crippen LogP contribution in [0.1, 0.15) is 39.3 Å². The van der Waals surface area contributed by atoms with Gasteiger partial charge in [-0.25, -0.2) is 0 Å². The van der Waals surface area contributed by atoms with Gasteiger partial charge in [-0.3, -0.25) is 14.4 Å². The van der Waals surface area contributed by atoms with Crippen LogP contribution < -0.4 is 16.2 Å². The molecule has 1 aromatic heterocycles. The molecule has 0 bridgehead atoms. The molecule has 0 unspecified atom stereocenters. The first kappa shape index (κ1) is 17.7. The lowest BCUT2D eigenvalue weighted by Gasteiger charge is -2.11. The number of halogens is 3. The van der Waals surface area contributed by atoms with Crippen molar-refractivity contribution in [3.63, 3.8) is 0 Å². The number of pyridine rings is 1. The van der Waals surface area contributed by atoms with Crippen LogP contribution in [0.15, 0.2) is 41.2 Å². The summed E-state index contributed by atoms with van der Waals surface area (Å²) < 4.78 is 37.8. The lowest BCUT2D eigenvalue weighted by Crippen LogP contribution is -2.28. The first-order chi connectivity index (χ1) is 12.3. The number of carbonyl (C=O) groups excluding carboxylic acids is 2. The number of carbonyl (C=O) groups is 2. The number of nitrogens with one attached hydrogen (secondary N) is 3. The summed E-state index contributed by atoms with van der Waals surface area (Å²) in [5.41, 5.74) is -2.54. The van der Waals surface area contributed by atoms with Crippen LogP contribution in [0.3, 0.4) is 0 Å². The Morgan fingerprint density at radius 1 is 1.00 bits per heavy atom. The Bertz CT molecular complexity index is 917. The van der Waals surface area contributed by atoms with Crippen LogP contribution in [-0.4, -0.2) is 22.8 Å². The van der Waals surface area contributed by atoms with E-state index in [4.69, 9.17) is 0 Å². The topological polar surface area (TPSA) is 91.1 Å². The third-order valence-electron chi connectivity index (χ3n) is 3.79. The molecule has 3 rings (SSSR count). The summed E-state index contributed by atoms with van der Waals surface area (Å²) in [6, 6.07) is 7.70. The number of rotatable bonds is 4. The predicted molar refractivity (Wildman–Crippen MR) is 86.9 cm³/mol. The van der Waals surface area contributed by atoms with E-state index in [1.54, 1.807) is 17.1 Å². The van der Waals surface area contributed by atoms with Gasteiger partial charge in [-0.2, -0.15) is 13.2 Å².